The largest absolute Gasteiger partial charge is 0.442 e. The van der Waals surface area contributed by atoms with E-state index in [1.807, 2.05) is 170 Å². The van der Waals surface area contributed by atoms with Crippen LogP contribution in [0.5, 0.6) is 0 Å². The van der Waals surface area contributed by atoms with Crippen molar-refractivity contribution < 1.29 is 18.0 Å². The molecule has 0 unspecified atom stereocenters. The molecular weight excluding hydrogens is 982 g/mol. The Hall–Kier alpha value is -9.56. The van der Waals surface area contributed by atoms with E-state index in [0.29, 0.717) is 22.7 Å². The van der Waals surface area contributed by atoms with Crippen LogP contribution in [-0.2, 0) is 5.66 Å². The predicted molar refractivity (Wildman–Crippen MR) is 298 cm³/mol. The van der Waals surface area contributed by atoms with Crippen LogP contribution in [0.25, 0.3) is 41.8 Å². The van der Waals surface area contributed by atoms with Crippen LogP contribution in [0.4, 0.5) is 35.9 Å². The second kappa shape index (κ2) is 31.2. The molecule has 0 saturated heterocycles. The number of halogens is 3. The van der Waals surface area contributed by atoms with Gasteiger partial charge in [-0.1, -0.05) is 219 Å². The summed E-state index contributed by atoms with van der Waals surface area (Å²) in [6.45, 7) is 17.8. The molecule has 0 N–H and O–H groups in total. The van der Waals surface area contributed by atoms with Crippen LogP contribution in [0.3, 0.4) is 0 Å². The van der Waals surface area contributed by atoms with E-state index in [1.165, 1.54) is 24.1 Å². The fourth-order valence-corrected chi connectivity index (χ4v) is 6.35. The molecule has 394 valence electrons. The normalized spacial score (nSPS) is 11.9. The lowest BCUT2D eigenvalue weighted by atomic mass is 10.0. The van der Waals surface area contributed by atoms with Gasteiger partial charge in [0.15, 0.2) is 11.4 Å². The zero-order valence-corrected chi connectivity index (χ0v) is 44.3. The summed E-state index contributed by atoms with van der Waals surface area (Å²) in [4.78, 5) is 22.7. The first-order chi connectivity index (χ1) is 36.7. The second-order valence-corrected chi connectivity index (χ2v) is 17.5. The van der Waals surface area contributed by atoms with Crippen molar-refractivity contribution in [2.24, 2.45) is 40.9 Å². The van der Waals surface area contributed by atoms with Gasteiger partial charge in [-0.25, -0.2) is 0 Å². The molecule has 2 aliphatic heterocycles. The maximum absolute atomic E-state index is 12.5. The lowest BCUT2D eigenvalue weighted by Gasteiger charge is -2.14. The average Bonchev–Trinajstić information content (AvgIpc) is 4.36. The predicted octanol–water partition coefficient (Wildman–Crippen LogP) is 20.4. The van der Waals surface area contributed by atoms with E-state index in [2.05, 4.69) is 74.4 Å². The van der Waals surface area contributed by atoms with Crippen LogP contribution in [-0.4, -0.2) is 17.6 Å². The summed E-state index contributed by atoms with van der Waals surface area (Å²) >= 11 is 0. The maximum atomic E-state index is 12.5. The van der Waals surface area contributed by atoms with Crippen molar-refractivity contribution in [1.29, 1.82) is 0 Å². The summed E-state index contributed by atoms with van der Waals surface area (Å²) < 4.78 is 37.5. The van der Waals surface area contributed by atoms with Crippen LogP contribution < -0.4 is 0 Å². The third-order valence-electron chi connectivity index (χ3n) is 10.8. The summed E-state index contributed by atoms with van der Waals surface area (Å²) in [5, 5.41) is 27.8. The van der Waals surface area contributed by atoms with Gasteiger partial charge in [0.1, 0.15) is 0 Å². The van der Waals surface area contributed by atoms with Gasteiger partial charge >= 0.3 is 11.8 Å². The minimum absolute atomic E-state index is 0.0503. The van der Waals surface area contributed by atoms with Gasteiger partial charge < -0.3 is 0 Å². The van der Waals surface area contributed by atoms with E-state index in [0.717, 1.165) is 50.9 Å². The van der Waals surface area contributed by atoms with Gasteiger partial charge in [-0.3, -0.25) is 4.79 Å². The van der Waals surface area contributed by atoms with Gasteiger partial charge in [0.2, 0.25) is 0 Å². The monoisotopic (exact) mass is 1040 g/mol. The SMILES string of the molecule is CCCC1(C)N=N1.Cc1ccc(C(=O)c2ccccc2)cc1.Cc1ccc(C)c(N=[N+]=[N-])c1.Cc1ccc(C2(C(F)(F)F)N=N2)cc1.Cc1ccc(N=[N+]=[N-])cc1.Cc1cccc(N=[N+]=[N-])c1.Cc1ccccc1N=[N+]=[N-]. The van der Waals surface area contributed by atoms with Gasteiger partial charge in [-0.15, -0.1) is 10.2 Å². The molecule has 0 fully saturated rings. The van der Waals surface area contributed by atoms with E-state index in [4.69, 9.17) is 22.1 Å². The fraction of sp³-hybridized carbons (Fsp3) is 0.246. The molecule has 0 amide bonds. The van der Waals surface area contributed by atoms with E-state index in [9.17, 15) is 18.0 Å². The van der Waals surface area contributed by atoms with E-state index >= 15 is 0 Å². The lowest BCUT2D eigenvalue weighted by molar-refractivity contribution is -0.166. The zero-order valence-electron chi connectivity index (χ0n) is 44.3. The number of hydrogen-bond acceptors (Lipinski definition) is 9. The number of aryl methyl sites for hydroxylation is 7. The number of hydrogen-bond donors (Lipinski definition) is 0. The highest BCUT2D eigenvalue weighted by Gasteiger charge is 2.65. The first-order valence-corrected chi connectivity index (χ1v) is 23.9. The number of nitrogens with zero attached hydrogens (tertiary/aromatic N) is 16. The van der Waals surface area contributed by atoms with Crippen LogP contribution in [0.15, 0.2) is 211 Å². The van der Waals surface area contributed by atoms with Crippen molar-refractivity contribution in [3.05, 3.63) is 267 Å². The molecule has 20 heteroatoms. The quantitative estimate of drug-likeness (QED) is 0.0581. The Bertz CT molecular complexity index is 3250. The van der Waals surface area contributed by atoms with Crippen molar-refractivity contribution >= 4 is 28.5 Å². The Morgan fingerprint density at radius 2 is 0.935 bits per heavy atom. The number of benzene rings is 7. The van der Waals surface area contributed by atoms with Gasteiger partial charge in [-0.05, 0) is 107 Å². The molecule has 0 atom stereocenters. The number of ketones is 1. The van der Waals surface area contributed by atoms with E-state index < -0.39 is 11.8 Å². The van der Waals surface area contributed by atoms with Crippen molar-refractivity contribution in [2.45, 2.75) is 92.7 Å². The minimum Gasteiger partial charge on any atom is -0.289 e. The minimum atomic E-state index is -4.43. The molecule has 0 radical (unpaired) electrons. The third-order valence-corrected chi connectivity index (χ3v) is 10.8. The Balaban J connectivity index is 0.000000239. The Morgan fingerprint density at radius 3 is 1.42 bits per heavy atom. The molecule has 9 rings (SSSR count). The van der Waals surface area contributed by atoms with Crippen molar-refractivity contribution in [2.75, 3.05) is 0 Å². The smallest absolute Gasteiger partial charge is 0.289 e. The third kappa shape index (κ3) is 22.2. The highest BCUT2D eigenvalue weighted by molar-refractivity contribution is 6.08. The van der Waals surface area contributed by atoms with Gasteiger partial charge in [0, 0.05) is 59.1 Å². The summed E-state index contributed by atoms with van der Waals surface area (Å²) in [7, 11) is 0. The molecule has 2 heterocycles. The summed E-state index contributed by atoms with van der Waals surface area (Å²) in [6, 6.07) is 51.1. The van der Waals surface area contributed by atoms with Crippen molar-refractivity contribution in [3.8, 4) is 0 Å². The summed E-state index contributed by atoms with van der Waals surface area (Å²) in [6.07, 6.45) is -2.13. The maximum Gasteiger partial charge on any atom is 0.442 e. The first-order valence-electron chi connectivity index (χ1n) is 23.9. The fourth-order valence-electron chi connectivity index (χ4n) is 6.35. The molecule has 7 aromatic rings. The molecular formula is C57H59F3N16O. The van der Waals surface area contributed by atoms with Gasteiger partial charge in [0.25, 0.3) is 0 Å². The van der Waals surface area contributed by atoms with Crippen molar-refractivity contribution in [1.82, 2.24) is 0 Å². The Morgan fingerprint density at radius 1 is 0.481 bits per heavy atom. The first kappa shape index (κ1) is 61.7. The summed E-state index contributed by atoms with van der Waals surface area (Å²) in [5.74, 6) is 0.0793. The molecule has 0 bridgehead atoms. The molecule has 17 nitrogen and oxygen atoms in total. The lowest BCUT2D eigenvalue weighted by Crippen LogP contribution is -2.29. The number of carbonyl (C=O) groups is 1. The van der Waals surface area contributed by atoms with Crippen LogP contribution >= 0.6 is 0 Å². The number of azide groups is 4. The molecule has 2 aliphatic rings. The zero-order chi connectivity index (χ0) is 56.9. The standard InChI is InChI=1S/C14H12O.C9H7F3N2.C8H9N3.3C7H7N3.C5H10N2/c1-11-7-9-13(10-8-11)14(15)12-5-3-2-4-6-12;1-6-2-4-7(5-3-6)8(13-14-8)9(10,11)12;1-6-3-4-7(2)8(5-6)10-11-9;1-6-2-4-7(5-3-6)9-10-8;1-6-3-2-4-7(5-6)9-10-8;1-6-4-2-3-5-7(6)9-10-8;1-3-4-5(2)6-7-5/h2-10H,1H3;2-5H,1H3;3-5H,1-2H3;3*2-5H,1H3;3-4H2,1-2H3. The second-order valence-electron chi connectivity index (χ2n) is 17.5. The number of alkyl halides is 3. The van der Waals surface area contributed by atoms with Crippen molar-refractivity contribution in [3.63, 3.8) is 0 Å². The molecule has 0 spiro atoms. The topological polar surface area (TPSA) is 262 Å². The Kier molecular flexibility index (Phi) is 25.0. The molecule has 0 aromatic heterocycles. The molecule has 0 saturated carbocycles. The average molecular weight is 1040 g/mol. The molecule has 7 aromatic carbocycles. The summed E-state index contributed by atoms with van der Waals surface area (Å²) in [5.41, 5.74) is 41.9. The Labute approximate surface area is 445 Å². The van der Waals surface area contributed by atoms with Crippen LogP contribution in [0.1, 0.15) is 87.1 Å². The number of carbonyl (C=O) groups excluding carboxylic acids is 1. The van der Waals surface area contributed by atoms with Gasteiger partial charge in [0.05, 0.1) is 0 Å². The van der Waals surface area contributed by atoms with E-state index in [1.54, 1.807) is 36.4 Å². The highest BCUT2D eigenvalue weighted by atomic mass is 19.4. The van der Waals surface area contributed by atoms with E-state index in [-0.39, 0.29) is 17.0 Å². The molecule has 77 heavy (non-hydrogen) atoms. The molecule has 0 aliphatic carbocycles. The van der Waals surface area contributed by atoms with Gasteiger partial charge in [-0.2, -0.15) is 23.4 Å². The highest BCUT2D eigenvalue weighted by Crippen LogP contribution is 2.52. The number of rotatable bonds is 9. The van der Waals surface area contributed by atoms with Crippen LogP contribution in [0, 0.1) is 48.5 Å². The van der Waals surface area contributed by atoms with Crippen LogP contribution in [0.2, 0.25) is 0 Å².